The van der Waals surface area contributed by atoms with Crippen molar-refractivity contribution in [3.05, 3.63) is 101 Å². The fourth-order valence-corrected chi connectivity index (χ4v) is 2.90. The Bertz CT molecular complexity index is 970. The first kappa shape index (κ1) is 19.3. The zero-order valence-corrected chi connectivity index (χ0v) is 16.1. The second-order valence-corrected chi connectivity index (χ2v) is 6.73. The summed E-state index contributed by atoms with van der Waals surface area (Å²) in [5.74, 6) is -0.529. The van der Waals surface area contributed by atoms with Crippen LogP contribution in [0.3, 0.4) is 0 Å². The number of carbonyl (C=O) groups is 2. The molecule has 0 spiro atoms. The molecular weight excluding hydrogens is 350 g/mol. The van der Waals surface area contributed by atoms with Gasteiger partial charge in [-0.05, 0) is 30.2 Å². The van der Waals surface area contributed by atoms with Crippen LogP contribution in [0.1, 0.15) is 37.7 Å². The van der Waals surface area contributed by atoms with Crippen LogP contribution >= 0.6 is 0 Å². The third-order valence-corrected chi connectivity index (χ3v) is 4.35. The summed E-state index contributed by atoms with van der Waals surface area (Å²) in [5.41, 5.74) is 3.67. The first-order valence-corrected chi connectivity index (χ1v) is 9.13. The van der Waals surface area contributed by atoms with Crippen molar-refractivity contribution in [2.24, 2.45) is 0 Å². The molecule has 0 aliphatic carbocycles. The molecule has 3 aromatic rings. The van der Waals surface area contributed by atoms with Crippen LogP contribution in [0.5, 0.6) is 0 Å². The Morgan fingerprint density at radius 1 is 0.893 bits per heavy atom. The minimum Gasteiger partial charge on any atom is -0.347 e. The number of aryl methyl sites for hydroxylation is 1. The Kier molecular flexibility index (Phi) is 6.17. The van der Waals surface area contributed by atoms with E-state index in [2.05, 4.69) is 10.3 Å². The number of carbonyl (C=O) groups excluding carboxylic acids is 2. The predicted octanol–water partition coefficient (Wildman–Crippen LogP) is 3.59. The lowest BCUT2D eigenvalue weighted by atomic mass is 10.1. The summed E-state index contributed by atoms with van der Waals surface area (Å²) in [6, 6.07) is 22.6. The first-order valence-electron chi connectivity index (χ1n) is 9.13. The molecule has 5 nitrogen and oxygen atoms in total. The van der Waals surface area contributed by atoms with E-state index in [1.54, 1.807) is 30.1 Å². The molecule has 0 aliphatic rings. The molecule has 2 amide bonds. The minimum absolute atomic E-state index is 0.225. The van der Waals surface area contributed by atoms with Crippen LogP contribution < -0.4 is 5.32 Å². The molecule has 0 unspecified atom stereocenters. The highest BCUT2D eigenvalue weighted by Gasteiger charge is 2.16. The minimum atomic E-state index is -0.304. The second-order valence-electron chi connectivity index (χ2n) is 6.73. The fourth-order valence-electron chi connectivity index (χ4n) is 2.90. The van der Waals surface area contributed by atoms with Gasteiger partial charge in [-0.1, -0.05) is 66.2 Å². The molecule has 28 heavy (non-hydrogen) atoms. The van der Waals surface area contributed by atoms with E-state index in [4.69, 9.17) is 0 Å². The Hall–Kier alpha value is -3.47. The number of pyridine rings is 1. The molecule has 0 atom stereocenters. The summed E-state index contributed by atoms with van der Waals surface area (Å²) in [7, 11) is 1.72. The number of amides is 2. The van der Waals surface area contributed by atoms with Crippen LogP contribution in [-0.2, 0) is 13.1 Å². The number of aromatic nitrogens is 1. The molecule has 1 N–H and O–H groups in total. The highest BCUT2D eigenvalue weighted by molar-refractivity contribution is 5.96. The van der Waals surface area contributed by atoms with Gasteiger partial charge in [0.1, 0.15) is 11.4 Å². The van der Waals surface area contributed by atoms with Gasteiger partial charge in [-0.2, -0.15) is 0 Å². The Labute approximate surface area is 165 Å². The van der Waals surface area contributed by atoms with Crippen molar-refractivity contribution < 1.29 is 9.59 Å². The van der Waals surface area contributed by atoms with Gasteiger partial charge in [-0.15, -0.1) is 0 Å². The second kappa shape index (κ2) is 8.95. The third kappa shape index (κ3) is 5.04. The van der Waals surface area contributed by atoms with E-state index >= 15 is 0 Å². The molecule has 0 radical (unpaired) electrons. The van der Waals surface area contributed by atoms with E-state index in [1.807, 2.05) is 61.5 Å². The highest BCUT2D eigenvalue weighted by Crippen LogP contribution is 2.09. The molecule has 0 fully saturated rings. The van der Waals surface area contributed by atoms with Crippen molar-refractivity contribution in [3.63, 3.8) is 0 Å². The lowest BCUT2D eigenvalue weighted by Gasteiger charge is -2.17. The van der Waals surface area contributed by atoms with Gasteiger partial charge in [0, 0.05) is 20.1 Å². The number of hydrogen-bond donors (Lipinski definition) is 1. The Balaban J connectivity index is 1.65. The molecule has 142 valence electrons. The van der Waals surface area contributed by atoms with Crippen molar-refractivity contribution in [2.75, 3.05) is 7.05 Å². The van der Waals surface area contributed by atoms with Crippen molar-refractivity contribution in [1.82, 2.24) is 15.2 Å². The third-order valence-electron chi connectivity index (χ3n) is 4.35. The smallest absolute Gasteiger partial charge is 0.272 e. The molecule has 0 aliphatic heterocycles. The number of benzene rings is 2. The molecule has 1 heterocycles. The van der Waals surface area contributed by atoms with Gasteiger partial charge in [0.25, 0.3) is 11.8 Å². The zero-order chi connectivity index (χ0) is 19.9. The summed E-state index contributed by atoms with van der Waals surface area (Å²) in [5, 5.41) is 2.85. The standard InChI is InChI=1S/C23H23N3O2/c1-17-8-6-11-19(14-17)15-24-22(27)20-12-7-13-21(25-20)23(28)26(2)16-18-9-4-3-5-10-18/h3-14H,15-16H2,1-2H3,(H,24,27). The maximum Gasteiger partial charge on any atom is 0.272 e. The van der Waals surface area contributed by atoms with E-state index in [9.17, 15) is 9.59 Å². The Morgan fingerprint density at radius 3 is 2.32 bits per heavy atom. The molecule has 3 rings (SSSR count). The van der Waals surface area contributed by atoms with E-state index in [0.29, 0.717) is 13.1 Å². The number of rotatable bonds is 6. The predicted molar refractivity (Wildman–Crippen MR) is 109 cm³/mol. The van der Waals surface area contributed by atoms with Gasteiger partial charge in [-0.3, -0.25) is 9.59 Å². The van der Waals surface area contributed by atoms with Gasteiger partial charge in [0.15, 0.2) is 0 Å². The maximum atomic E-state index is 12.7. The average Bonchev–Trinajstić information content (AvgIpc) is 2.72. The van der Waals surface area contributed by atoms with Gasteiger partial charge >= 0.3 is 0 Å². The zero-order valence-electron chi connectivity index (χ0n) is 16.1. The quantitative estimate of drug-likeness (QED) is 0.718. The summed E-state index contributed by atoms with van der Waals surface area (Å²) < 4.78 is 0. The highest BCUT2D eigenvalue weighted by atomic mass is 16.2. The summed E-state index contributed by atoms with van der Waals surface area (Å²) >= 11 is 0. The van der Waals surface area contributed by atoms with E-state index in [1.165, 1.54) is 0 Å². The molecule has 0 saturated carbocycles. The molecule has 0 saturated heterocycles. The maximum absolute atomic E-state index is 12.7. The van der Waals surface area contributed by atoms with E-state index < -0.39 is 0 Å². The fraction of sp³-hybridized carbons (Fsp3) is 0.174. The number of hydrogen-bond acceptors (Lipinski definition) is 3. The van der Waals surface area contributed by atoms with Crippen molar-refractivity contribution in [1.29, 1.82) is 0 Å². The first-order chi connectivity index (χ1) is 13.5. The van der Waals surface area contributed by atoms with Crippen molar-refractivity contribution >= 4 is 11.8 Å². The van der Waals surface area contributed by atoms with Gasteiger partial charge in [0.05, 0.1) is 0 Å². The molecule has 5 heteroatoms. The molecule has 1 aromatic heterocycles. The van der Waals surface area contributed by atoms with Gasteiger partial charge in [-0.25, -0.2) is 4.98 Å². The molecular formula is C23H23N3O2. The van der Waals surface area contributed by atoms with Crippen molar-refractivity contribution in [3.8, 4) is 0 Å². The van der Waals surface area contributed by atoms with Crippen LogP contribution in [0.25, 0.3) is 0 Å². The average molecular weight is 373 g/mol. The van der Waals surface area contributed by atoms with E-state index in [0.717, 1.165) is 16.7 Å². The normalized spacial score (nSPS) is 10.4. The van der Waals surface area contributed by atoms with Crippen LogP contribution in [0.15, 0.2) is 72.8 Å². The lowest BCUT2D eigenvalue weighted by molar-refractivity contribution is 0.0779. The summed E-state index contributed by atoms with van der Waals surface area (Å²) in [6.07, 6.45) is 0. The Morgan fingerprint density at radius 2 is 1.57 bits per heavy atom. The van der Waals surface area contributed by atoms with Gasteiger partial charge < -0.3 is 10.2 Å². The van der Waals surface area contributed by atoms with Crippen LogP contribution in [0.4, 0.5) is 0 Å². The van der Waals surface area contributed by atoms with Gasteiger partial charge in [0.2, 0.25) is 0 Å². The lowest BCUT2D eigenvalue weighted by Crippen LogP contribution is -2.29. The van der Waals surface area contributed by atoms with E-state index in [-0.39, 0.29) is 23.2 Å². The van der Waals surface area contributed by atoms with Crippen LogP contribution in [0.2, 0.25) is 0 Å². The van der Waals surface area contributed by atoms with Crippen LogP contribution in [-0.4, -0.2) is 28.7 Å². The summed E-state index contributed by atoms with van der Waals surface area (Å²) in [6.45, 7) is 2.90. The van der Waals surface area contributed by atoms with Crippen LogP contribution in [0, 0.1) is 6.92 Å². The monoisotopic (exact) mass is 373 g/mol. The topological polar surface area (TPSA) is 62.3 Å². The summed E-state index contributed by atoms with van der Waals surface area (Å²) in [4.78, 5) is 31.0. The largest absolute Gasteiger partial charge is 0.347 e. The number of nitrogens with one attached hydrogen (secondary N) is 1. The SMILES string of the molecule is Cc1cccc(CNC(=O)c2cccc(C(=O)N(C)Cc3ccccc3)n2)c1. The molecule has 2 aromatic carbocycles. The molecule has 0 bridgehead atoms. The number of nitrogens with zero attached hydrogens (tertiary/aromatic N) is 2. The van der Waals surface area contributed by atoms with Crippen molar-refractivity contribution in [2.45, 2.75) is 20.0 Å².